The molecule has 0 aromatic heterocycles. The number of rotatable bonds is 1. The van der Waals surface area contributed by atoms with Gasteiger partial charge in [-0.3, -0.25) is 0 Å². The minimum absolute atomic E-state index is 0.115. The molecule has 4 heteroatoms. The average Bonchev–Trinajstić information content (AvgIpc) is 2.27. The molecule has 2 saturated carbocycles. The molecule has 0 bridgehead atoms. The van der Waals surface area contributed by atoms with Crippen LogP contribution in [0.25, 0.3) is 0 Å². The molecule has 0 amide bonds. The Morgan fingerprint density at radius 3 is 2.00 bits per heavy atom. The molecule has 0 spiro atoms. The van der Waals surface area contributed by atoms with Crippen LogP contribution < -0.4 is 17.2 Å². The van der Waals surface area contributed by atoms with E-state index in [1.54, 1.807) is 0 Å². The van der Waals surface area contributed by atoms with Crippen molar-refractivity contribution in [3.05, 3.63) is 0 Å². The molecule has 2 aliphatic rings. The van der Waals surface area contributed by atoms with Gasteiger partial charge < -0.3 is 22.3 Å². The molecule has 0 saturated heterocycles. The van der Waals surface area contributed by atoms with Crippen molar-refractivity contribution >= 4 is 0 Å². The maximum Gasteiger partial charge on any atom is 0.0991 e. The normalized spacial score (nSPS) is 50.2. The van der Waals surface area contributed by atoms with Gasteiger partial charge in [-0.1, -0.05) is 25.7 Å². The third kappa shape index (κ3) is 1.68. The van der Waals surface area contributed by atoms with Gasteiger partial charge in [0.1, 0.15) is 0 Å². The van der Waals surface area contributed by atoms with Gasteiger partial charge in [0.2, 0.25) is 0 Å². The van der Waals surface area contributed by atoms with Gasteiger partial charge in [-0.05, 0) is 25.7 Å². The third-order valence-electron chi connectivity index (χ3n) is 4.76. The molecule has 4 atom stereocenters. The zero-order valence-corrected chi connectivity index (χ0v) is 9.99. The number of aliphatic hydroxyl groups is 1. The van der Waals surface area contributed by atoms with E-state index in [4.69, 9.17) is 17.2 Å². The van der Waals surface area contributed by atoms with Gasteiger partial charge in [0.15, 0.2) is 0 Å². The Kier molecular flexibility index (Phi) is 3.27. The van der Waals surface area contributed by atoms with E-state index in [0.717, 1.165) is 44.9 Å². The molecular formula is C12H25N3O. The quantitative estimate of drug-likeness (QED) is 0.515. The van der Waals surface area contributed by atoms with E-state index in [1.165, 1.54) is 0 Å². The van der Waals surface area contributed by atoms with Crippen LogP contribution in [-0.2, 0) is 0 Å². The van der Waals surface area contributed by atoms with Crippen LogP contribution >= 0.6 is 0 Å². The van der Waals surface area contributed by atoms with E-state index in [0.29, 0.717) is 6.42 Å². The van der Waals surface area contributed by atoms with Gasteiger partial charge >= 0.3 is 0 Å². The first-order valence-corrected chi connectivity index (χ1v) is 6.53. The molecule has 0 aromatic rings. The van der Waals surface area contributed by atoms with Crippen molar-refractivity contribution in [3.8, 4) is 0 Å². The summed E-state index contributed by atoms with van der Waals surface area (Å²) < 4.78 is 0. The monoisotopic (exact) mass is 227 g/mol. The summed E-state index contributed by atoms with van der Waals surface area (Å²) in [6.45, 7) is 0. The van der Waals surface area contributed by atoms with E-state index >= 15 is 0 Å². The lowest BCUT2D eigenvalue weighted by Gasteiger charge is -2.54. The lowest BCUT2D eigenvalue weighted by Crippen LogP contribution is -2.76. The summed E-state index contributed by atoms with van der Waals surface area (Å²) in [6, 6.07) is -0.328. The molecule has 0 aliphatic heterocycles. The zero-order valence-electron chi connectivity index (χ0n) is 9.99. The fraction of sp³-hybridized carbons (Fsp3) is 1.00. The predicted molar refractivity (Wildman–Crippen MR) is 64.8 cm³/mol. The Morgan fingerprint density at radius 2 is 1.44 bits per heavy atom. The van der Waals surface area contributed by atoms with Crippen molar-refractivity contribution in [2.75, 3.05) is 0 Å². The molecule has 16 heavy (non-hydrogen) atoms. The highest BCUT2D eigenvalue weighted by Gasteiger charge is 2.55. The van der Waals surface area contributed by atoms with Gasteiger partial charge in [0.05, 0.1) is 11.1 Å². The Hall–Kier alpha value is -0.160. The maximum absolute atomic E-state index is 10.9. The summed E-state index contributed by atoms with van der Waals surface area (Å²) in [5.41, 5.74) is 17.1. The van der Waals surface area contributed by atoms with Crippen molar-refractivity contribution in [1.82, 2.24) is 0 Å². The first-order chi connectivity index (χ1) is 7.51. The topological polar surface area (TPSA) is 98.3 Å². The highest BCUT2D eigenvalue weighted by molar-refractivity contribution is 5.15. The lowest BCUT2D eigenvalue weighted by atomic mass is 9.61. The van der Waals surface area contributed by atoms with Crippen LogP contribution in [0, 0.1) is 0 Å². The van der Waals surface area contributed by atoms with Crippen LogP contribution in [0.15, 0.2) is 0 Å². The minimum atomic E-state index is -0.953. The summed E-state index contributed by atoms with van der Waals surface area (Å²) in [4.78, 5) is 0. The van der Waals surface area contributed by atoms with E-state index < -0.39 is 11.1 Å². The smallest absolute Gasteiger partial charge is 0.0991 e. The number of nitrogens with two attached hydrogens (primary N) is 3. The van der Waals surface area contributed by atoms with Crippen molar-refractivity contribution < 1.29 is 5.11 Å². The Bertz CT molecular complexity index is 235. The lowest BCUT2D eigenvalue weighted by molar-refractivity contribution is -0.0977. The average molecular weight is 227 g/mol. The zero-order chi connectivity index (χ0) is 11.8. The standard InChI is InChI=1S/C12H25N3O/c13-9-5-1-3-7-11(9,15)12(16)8-4-2-6-10(12)14/h9-10,16H,1-8,13-15H2. The highest BCUT2D eigenvalue weighted by atomic mass is 16.3. The second kappa shape index (κ2) is 4.26. The summed E-state index contributed by atoms with van der Waals surface area (Å²) >= 11 is 0. The molecule has 0 aromatic carbocycles. The van der Waals surface area contributed by atoms with E-state index in [1.807, 2.05) is 0 Å². The molecule has 2 rings (SSSR count). The van der Waals surface area contributed by atoms with Crippen LogP contribution in [0.3, 0.4) is 0 Å². The maximum atomic E-state index is 10.9. The van der Waals surface area contributed by atoms with Gasteiger partial charge in [-0.25, -0.2) is 0 Å². The molecular weight excluding hydrogens is 202 g/mol. The summed E-state index contributed by atoms with van der Waals surface area (Å²) in [7, 11) is 0. The SMILES string of the molecule is NC1CCCCC1(N)C1(O)CCCCC1N. The number of hydrogen-bond donors (Lipinski definition) is 4. The van der Waals surface area contributed by atoms with Crippen LogP contribution in [0.2, 0.25) is 0 Å². The molecule has 4 unspecified atom stereocenters. The van der Waals surface area contributed by atoms with Crippen molar-refractivity contribution in [3.63, 3.8) is 0 Å². The van der Waals surface area contributed by atoms with Gasteiger partial charge in [0, 0.05) is 12.1 Å². The Labute approximate surface area is 97.6 Å². The molecule has 2 fully saturated rings. The summed E-state index contributed by atoms with van der Waals surface area (Å²) in [5.74, 6) is 0. The predicted octanol–water partition coefficient (Wildman–Crippen LogP) is 0.218. The van der Waals surface area contributed by atoms with Crippen molar-refractivity contribution in [2.24, 2.45) is 17.2 Å². The van der Waals surface area contributed by atoms with Gasteiger partial charge in [-0.2, -0.15) is 0 Å². The Morgan fingerprint density at radius 1 is 0.875 bits per heavy atom. The fourth-order valence-electron chi connectivity index (χ4n) is 3.52. The van der Waals surface area contributed by atoms with Crippen LogP contribution in [0.5, 0.6) is 0 Å². The van der Waals surface area contributed by atoms with E-state index in [2.05, 4.69) is 0 Å². The molecule has 94 valence electrons. The van der Waals surface area contributed by atoms with Crippen molar-refractivity contribution in [2.45, 2.75) is 74.6 Å². The second-order valence-corrected chi connectivity index (χ2v) is 5.67. The van der Waals surface area contributed by atoms with E-state index in [9.17, 15) is 5.11 Å². The summed E-state index contributed by atoms with van der Waals surface area (Å²) in [5, 5.41) is 10.9. The Balaban J connectivity index is 2.25. The largest absolute Gasteiger partial charge is 0.386 e. The molecule has 2 aliphatic carbocycles. The first kappa shape index (κ1) is 12.3. The van der Waals surface area contributed by atoms with Gasteiger partial charge in [-0.15, -0.1) is 0 Å². The van der Waals surface area contributed by atoms with Gasteiger partial charge in [0.25, 0.3) is 0 Å². The van der Waals surface area contributed by atoms with Crippen LogP contribution in [0.4, 0.5) is 0 Å². The summed E-state index contributed by atoms with van der Waals surface area (Å²) in [6.07, 6.45) is 7.56. The van der Waals surface area contributed by atoms with Crippen molar-refractivity contribution in [1.29, 1.82) is 0 Å². The minimum Gasteiger partial charge on any atom is -0.386 e. The molecule has 0 radical (unpaired) electrons. The molecule has 7 N–H and O–H groups in total. The third-order valence-corrected chi connectivity index (χ3v) is 4.76. The van der Waals surface area contributed by atoms with E-state index in [-0.39, 0.29) is 12.1 Å². The van der Waals surface area contributed by atoms with Crippen LogP contribution in [-0.4, -0.2) is 28.3 Å². The fourth-order valence-corrected chi connectivity index (χ4v) is 3.52. The first-order valence-electron chi connectivity index (χ1n) is 6.53. The highest BCUT2D eigenvalue weighted by Crippen LogP contribution is 2.42. The molecule has 4 nitrogen and oxygen atoms in total. The van der Waals surface area contributed by atoms with Crippen LogP contribution in [0.1, 0.15) is 51.4 Å². The number of hydrogen-bond acceptors (Lipinski definition) is 4. The molecule has 0 heterocycles. The second-order valence-electron chi connectivity index (χ2n) is 5.67.